The maximum absolute atomic E-state index is 10.7. The molecule has 3 aromatic rings. The van der Waals surface area contributed by atoms with Crippen molar-refractivity contribution in [2.24, 2.45) is 0 Å². The Bertz CT molecular complexity index is 892. The fourth-order valence-electron chi connectivity index (χ4n) is 2.50. The van der Waals surface area contributed by atoms with E-state index in [0.717, 1.165) is 10.4 Å². The molecule has 5 nitrogen and oxygen atoms in total. The van der Waals surface area contributed by atoms with E-state index in [1.54, 1.807) is 23.5 Å². The summed E-state index contributed by atoms with van der Waals surface area (Å²) in [6.07, 6.45) is 0. The number of thiophene rings is 1. The molecule has 0 aliphatic rings. The summed E-state index contributed by atoms with van der Waals surface area (Å²) >= 11 is 7.10. The number of aryl methyl sites for hydroxylation is 1. The van der Waals surface area contributed by atoms with E-state index < -0.39 is 4.92 Å². The highest BCUT2D eigenvalue weighted by Crippen LogP contribution is 2.26. The Hall–Kier alpha value is -2.77. The molecular weight excluding hydrogens is 366 g/mol. The summed E-state index contributed by atoms with van der Waals surface area (Å²) in [6.45, 7) is 2.05. The lowest BCUT2D eigenvalue weighted by Crippen LogP contribution is -2.32. The van der Waals surface area contributed by atoms with E-state index in [1.165, 1.54) is 17.7 Å². The van der Waals surface area contributed by atoms with Gasteiger partial charge in [0.15, 0.2) is 5.11 Å². The number of benzene rings is 2. The second-order valence-corrected chi connectivity index (χ2v) is 7.15. The third-order valence-electron chi connectivity index (χ3n) is 3.85. The van der Waals surface area contributed by atoms with Crippen LogP contribution < -0.4 is 10.6 Å². The van der Waals surface area contributed by atoms with Gasteiger partial charge >= 0.3 is 0 Å². The van der Waals surface area contributed by atoms with Gasteiger partial charge in [-0.2, -0.15) is 0 Å². The normalized spacial score (nSPS) is 11.6. The van der Waals surface area contributed by atoms with E-state index in [9.17, 15) is 10.1 Å². The molecule has 0 aliphatic carbocycles. The molecule has 0 bridgehead atoms. The Balaban J connectivity index is 1.75. The topological polar surface area (TPSA) is 67.2 Å². The summed E-state index contributed by atoms with van der Waals surface area (Å²) in [6, 6.07) is 18.5. The minimum atomic E-state index is -0.426. The zero-order chi connectivity index (χ0) is 18.5. The molecular formula is C19H17N3O2S2. The summed E-state index contributed by atoms with van der Waals surface area (Å²) in [4.78, 5) is 11.5. The molecule has 3 rings (SSSR count). The first-order valence-corrected chi connectivity index (χ1v) is 9.23. The van der Waals surface area contributed by atoms with Crippen molar-refractivity contribution in [2.75, 3.05) is 5.32 Å². The van der Waals surface area contributed by atoms with Gasteiger partial charge in [0.05, 0.1) is 11.0 Å². The average Bonchev–Trinajstić information content (AvgIpc) is 3.15. The Morgan fingerprint density at radius 2 is 1.81 bits per heavy atom. The standard InChI is InChI=1S/C19H17N3O2S2/c1-13-4-6-14(7-5-13)18(17-3-2-12-26-17)21-19(25)20-15-8-10-16(11-9-15)22(23)24/h2-12,18H,1H3,(H2,20,21,25)/t18-/m1/s1. The molecule has 2 N–H and O–H groups in total. The van der Waals surface area contributed by atoms with Crippen LogP contribution >= 0.6 is 23.6 Å². The molecule has 2 aromatic carbocycles. The van der Waals surface area contributed by atoms with E-state index in [2.05, 4.69) is 47.9 Å². The largest absolute Gasteiger partial charge is 0.351 e. The van der Waals surface area contributed by atoms with Crippen LogP contribution in [0.1, 0.15) is 22.0 Å². The number of nitrogens with zero attached hydrogens (tertiary/aromatic N) is 1. The molecule has 1 atom stereocenters. The van der Waals surface area contributed by atoms with Crippen LogP contribution in [0.4, 0.5) is 11.4 Å². The smallest absolute Gasteiger partial charge is 0.269 e. The Morgan fingerprint density at radius 3 is 2.38 bits per heavy atom. The molecule has 26 heavy (non-hydrogen) atoms. The van der Waals surface area contributed by atoms with Crippen LogP contribution in [0, 0.1) is 17.0 Å². The van der Waals surface area contributed by atoms with Crippen LogP contribution in [-0.2, 0) is 0 Å². The first-order valence-electron chi connectivity index (χ1n) is 7.95. The van der Waals surface area contributed by atoms with E-state index in [4.69, 9.17) is 12.2 Å². The lowest BCUT2D eigenvalue weighted by atomic mass is 10.0. The molecule has 0 spiro atoms. The highest BCUT2D eigenvalue weighted by Gasteiger charge is 2.16. The molecule has 132 valence electrons. The Labute approximate surface area is 160 Å². The SMILES string of the molecule is Cc1ccc([C@@H](NC(=S)Nc2ccc([N+](=O)[O-])cc2)c2cccs2)cc1. The lowest BCUT2D eigenvalue weighted by Gasteiger charge is -2.20. The highest BCUT2D eigenvalue weighted by molar-refractivity contribution is 7.80. The molecule has 1 aromatic heterocycles. The zero-order valence-electron chi connectivity index (χ0n) is 14.0. The Morgan fingerprint density at radius 1 is 1.12 bits per heavy atom. The molecule has 0 saturated carbocycles. The van der Waals surface area contributed by atoms with Gasteiger partial charge in [0.2, 0.25) is 0 Å². The summed E-state index contributed by atoms with van der Waals surface area (Å²) in [5.41, 5.74) is 3.06. The first kappa shape index (κ1) is 18.0. The zero-order valence-corrected chi connectivity index (χ0v) is 15.6. The van der Waals surface area contributed by atoms with Gasteiger partial charge in [-0.25, -0.2) is 0 Å². The van der Waals surface area contributed by atoms with Gasteiger partial charge in [-0.15, -0.1) is 11.3 Å². The number of anilines is 1. The van der Waals surface area contributed by atoms with Crippen LogP contribution in [0.5, 0.6) is 0 Å². The van der Waals surface area contributed by atoms with Crippen molar-refractivity contribution >= 4 is 40.0 Å². The molecule has 0 fully saturated rings. The van der Waals surface area contributed by atoms with E-state index in [1.807, 2.05) is 11.4 Å². The maximum atomic E-state index is 10.7. The van der Waals surface area contributed by atoms with E-state index in [0.29, 0.717) is 10.8 Å². The number of hydrogen-bond acceptors (Lipinski definition) is 4. The maximum Gasteiger partial charge on any atom is 0.269 e. The van der Waals surface area contributed by atoms with Crippen LogP contribution in [-0.4, -0.2) is 10.0 Å². The van der Waals surface area contributed by atoms with Crippen molar-refractivity contribution in [1.82, 2.24) is 5.32 Å². The van der Waals surface area contributed by atoms with E-state index in [-0.39, 0.29) is 11.7 Å². The Kier molecular flexibility index (Phi) is 5.60. The predicted molar refractivity (Wildman–Crippen MR) is 110 cm³/mol. The number of nitrogens with one attached hydrogen (secondary N) is 2. The quantitative estimate of drug-likeness (QED) is 0.367. The van der Waals surface area contributed by atoms with Crippen LogP contribution in [0.15, 0.2) is 66.0 Å². The minimum Gasteiger partial charge on any atom is -0.351 e. The number of nitro benzene ring substituents is 1. The average molecular weight is 383 g/mol. The lowest BCUT2D eigenvalue weighted by molar-refractivity contribution is -0.384. The van der Waals surface area contributed by atoms with Crippen LogP contribution in [0.25, 0.3) is 0 Å². The number of nitro groups is 1. The van der Waals surface area contributed by atoms with Gasteiger partial charge in [-0.3, -0.25) is 10.1 Å². The summed E-state index contributed by atoms with van der Waals surface area (Å²) in [7, 11) is 0. The summed E-state index contributed by atoms with van der Waals surface area (Å²) < 4.78 is 0. The van der Waals surface area contributed by atoms with Crippen molar-refractivity contribution in [1.29, 1.82) is 0 Å². The van der Waals surface area contributed by atoms with Gasteiger partial charge in [-0.05, 0) is 48.3 Å². The third-order valence-corrected chi connectivity index (χ3v) is 5.01. The number of rotatable bonds is 5. The number of hydrogen-bond donors (Lipinski definition) is 2. The fourth-order valence-corrected chi connectivity index (χ4v) is 3.54. The second kappa shape index (κ2) is 8.07. The van der Waals surface area contributed by atoms with Gasteiger partial charge in [0, 0.05) is 22.7 Å². The highest BCUT2D eigenvalue weighted by atomic mass is 32.1. The molecule has 0 amide bonds. The molecule has 0 unspecified atom stereocenters. The molecule has 0 saturated heterocycles. The number of thiocarbonyl (C=S) groups is 1. The monoisotopic (exact) mass is 383 g/mol. The summed E-state index contributed by atoms with van der Waals surface area (Å²) in [5, 5.41) is 19.7. The molecule has 0 radical (unpaired) electrons. The first-order chi connectivity index (χ1) is 12.5. The molecule has 1 heterocycles. The second-order valence-electron chi connectivity index (χ2n) is 5.76. The van der Waals surface area contributed by atoms with Crippen LogP contribution in [0.2, 0.25) is 0 Å². The van der Waals surface area contributed by atoms with Crippen LogP contribution in [0.3, 0.4) is 0 Å². The van der Waals surface area contributed by atoms with Crippen molar-refractivity contribution in [2.45, 2.75) is 13.0 Å². The van der Waals surface area contributed by atoms with Gasteiger partial charge < -0.3 is 10.6 Å². The molecule has 7 heteroatoms. The number of non-ortho nitro benzene ring substituents is 1. The van der Waals surface area contributed by atoms with Gasteiger partial charge in [0.25, 0.3) is 5.69 Å². The fraction of sp³-hybridized carbons (Fsp3) is 0.105. The predicted octanol–water partition coefficient (Wildman–Crippen LogP) is 5.04. The van der Waals surface area contributed by atoms with Gasteiger partial charge in [-0.1, -0.05) is 35.9 Å². The van der Waals surface area contributed by atoms with Crippen molar-refractivity contribution < 1.29 is 4.92 Å². The van der Waals surface area contributed by atoms with Crippen molar-refractivity contribution in [3.8, 4) is 0 Å². The van der Waals surface area contributed by atoms with Crippen molar-refractivity contribution in [3.05, 3.63) is 92.2 Å². The minimum absolute atomic E-state index is 0.0468. The third kappa shape index (κ3) is 4.44. The van der Waals surface area contributed by atoms with Gasteiger partial charge in [0.1, 0.15) is 0 Å². The molecule has 0 aliphatic heterocycles. The van der Waals surface area contributed by atoms with Crippen molar-refractivity contribution in [3.63, 3.8) is 0 Å². The van der Waals surface area contributed by atoms with E-state index >= 15 is 0 Å². The summed E-state index contributed by atoms with van der Waals surface area (Å²) in [5.74, 6) is 0.